The van der Waals surface area contributed by atoms with E-state index in [-0.39, 0.29) is 24.0 Å². The van der Waals surface area contributed by atoms with Crippen LogP contribution >= 0.6 is 0 Å². The number of anilines is 1. The Balaban J connectivity index is 1.62. The maximum Gasteiger partial charge on any atom is 0.267 e. The van der Waals surface area contributed by atoms with Crippen molar-refractivity contribution >= 4 is 15.7 Å². The Labute approximate surface area is 202 Å². The first kappa shape index (κ1) is 24.9. The zero-order valence-electron chi connectivity index (χ0n) is 18.8. The van der Waals surface area contributed by atoms with Crippen LogP contribution in [0.5, 0.6) is 11.5 Å². The van der Waals surface area contributed by atoms with Crippen LogP contribution in [0, 0.1) is 17.5 Å². The molecule has 3 aromatic carbocycles. The molecule has 1 aliphatic rings. The molecule has 3 aromatic rings. The van der Waals surface area contributed by atoms with Gasteiger partial charge in [0.15, 0.2) is 11.6 Å². The lowest BCUT2D eigenvalue weighted by molar-refractivity contribution is 0.238. The number of benzene rings is 3. The first-order chi connectivity index (χ1) is 16.7. The average molecular weight is 507 g/mol. The fraction of sp³-hybridized carbons (Fsp3) is 0.280. The second-order valence-electron chi connectivity index (χ2n) is 8.27. The van der Waals surface area contributed by atoms with Gasteiger partial charge in [0.1, 0.15) is 28.8 Å². The van der Waals surface area contributed by atoms with Gasteiger partial charge in [-0.05, 0) is 67.9 Å². The van der Waals surface area contributed by atoms with Crippen LogP contribution in [0.3, 0.4) is 0 Å². The zero-order chi connectivity index (χ0) is 25.0. The molecule has 0 bridgehead atoms. The SMILES string of the molecule is O=S(=O)(c1cc(F)c(F)cc1F)N(Cc1cccc(O)c1)c1ccc(OCCN2CCCC2)cc1. The van der Waals surface area contributed by atoms with Crippen molar-refractivity contribution in [2.45, 2.75) is 24.3 Å². The Hall–Kier alpha value is -3.24. The van der Waals surface area contributed by atoms with Crippen molar-refractivity contribution in [1.29, 1.82) is 0 Å². The number of hydrogen-bond acceptors (Lipinski definition) is 5. The van der Waals surface area contributed by atoms with Gasteiger partial charge in [-0.3, -0.25) is 9.21 Å². The summed E-state index contributed by atoms with van der Waals surface area (Å²) in [6.45, 7) is 3.07. The number of sulfonamides is 1. The number of nitrogens with zero attached hydrogens (tertiary/aromatic N) is 2. The molecule has 0 radical (unpaired) electrons. The summed E-state index contributed by atoms with van der Waals surface area (Å²) in [4.78, 5) is 1.30. The highest BCUT2D eigenvalue weighted by Gasteiger charge is 2.30. The van der Waals surface area contributed by atoms with Crippen LogP contribution in [0.2, 0.25) is 0 Å². The van der Waals surface area contributed by atoms with Crippen molar-refractivity contribution in [3.63, 3.8) is 0 Å². The molecule has 0 unspecified atom stereocenters. The molecule has 0 atom stereocenters. The van der Waals surface area contributed by atoms with E-state index in [0.717, 1.165) is 23.9 Å². The third kappa shape index (κ3) is 5.88. The lowest BCUT2D eigenvalue weighted by Crippen LogP contribution is -2.31. The fourth-order valence-corrected chi connectivity index (χ4v) is 5.48. The molecule has 0 saturated carbocycles. The minimum Gasteiger partial charge on any atom is -0.508 e. The molecule has 0 amide bonds. The summed E-state index contributed by atoms with van der Waals surface area (Å²) in [5, 5.41) is 9.79. The van der Waals surface area contributed by atoms with Crippen molar-refractivity contribution in [2.75, 3.05) is 30.5 Å². The molecule has 10 heteroatoms. The summed E-state index contributed by atoms with van der Waals surface area (Å²) in [5.74, 6) is -3.94. The molecule has 4 rings (SSSR count). The molecule has 1 heterocycles. The number of likely N-dealkylation sites (tertiary alicyclic amines) is 1. The minimum absolute atomic E-state index is 0.0828. The van der Waals surface area contributed by atoms with E-state index >= 15 is 0 Å². The second kappa shape index (κ2) is 10.6. The van der Waals surface area contributed by atoms with E-state index < -0.39 is 32.4 Å². The highest BCUT2D eigenvalue weighted by molar-refractivity contribution is 7.92. The summed E-state index contributed by atoms with van der Waals surface area (Å²) >= 11 is 0. The van der Waals surface area contributed by atoms with Crippen molar-refractivity contribution in [3.05, 3.63) is 83.7 Å². The molecule has 0 spiro atoms. The van der Waals surface area contributed by atoms with E-state index in [1.165, 1.54) is 43.2 Å². The van der Waals surface area contributed by atoms with Crippen molar-refractivity contribution < 1.29 is 31.4 Å². The van der Waals surface area contributed by atoms with Gasteiger partial charge in [-0.1, -0.05) is 12.1 Å². The smallest absolute Gasteiger partial charge is 0.267 e. The van der Waals surface area contributed by atoms with Crippen LogP contribution in [0.1, 0.15) is 18.4 Å². The van der Waals surface area contributed by atoms with Crippen LogP contribution in [0.25, 0.3) is 0 Å². The Bertz CT molecular complexity index is 1280. The average Bonchev–Trinajstić information content (AvgIpc) is 3.34. The third-order valence-corrected chi connectivity index (χ3v) is 7.57. The first-order valence-corrected chi connectivity index (χ1v) is 12.6. The van der Waals surface area contributed by atoms with E-state index in [4.69, 9.17) is 4.74 Å². The van der Waals surface area contributed by atoms with E-state index in [9.17, 15) is 26.7 Å². The molecule has 1 N–H and O–H groups in total. The Morgan fingerprint density at radius 3 is 2.29 bits per heavy atom. The van der Waals surface area contributed by atoms with Crippen molar-refractivity contribution in [2.24, 2.45) is 0 Å². The molecule has 6 nitrogen and oxygen atoms in total. The topological polar surface area (TPSA) is 70.1 Å². The van der Waals surface area contributed by atoms with Crippen molar-refractivity contribution in [1.82, 2.24) is 4.90 Å². The van der Waals surface area contributed by atoms with E-state index in [2.05, 4.69) is 4.90 Å². The summed E-state index contributed by atoms with van der Waals surface area (Å²) in [5.41, 5.74) is 0.562. The van der Waals surface area contributed by atoms with Gasteiger partial charge in [0.05, 0.1) is 12.2 Å². The number of phenols is 1. The van der Waals surface area contributed by atoms with Crippen LogP contribution in [0.4, 0.5) is 18.9 Å². The molecule has 0 aromatic heterocycles. The number of hydrogen-bond donors (Lipinski definition) is 1. The van der Waals surface area contributed by atoms with Crippen molar-refractivity contribution in [3.8, 4) is 11.5 Å². The van der Waals surface area contributed by atoms with Gasteiger partial charge in [0.2, 0.25) is 0 Å². The number of rotatable bonds is 9. The standard InChI is InChI=1S/C25H25F3N2O4S/c26-22-15-24(28)25(16-23(22)27)35(32,33)30(17-18-4-3-5-20(31)14-18)19-6-8-21(9-7-19)34-13-12-29-10-1-2-11-29/h3-9,14-16,31H,1-2,10-13,17H2. The van der Waals surface area contributed by atoms with Crippen LogP contribution < -0.4 is 9.04 Å². The normalized spacial score (nSPS) is 14.3. The highest BCUT2D eigenvalue weighted by Crippen LogP contribution is 2.30. The van der Waals surface area contributed by atoms with Crippen LogP contribution in [-0.4, -0.2) is 44.7 Å². The summed E-state index contributed by atoms with van der Waals surface area (Å²) < 4.78 is 75.2. The molecule has 1 aliphatic heterocycles. The molecule has 186 valence electrons. The predicted molar refractivity (Wildman–Crippen MR) is 125 cm³/mol. The molecular formula is C25H25F3N2O4S. The summed E-state index contributed by atoms with van der Waals surface area (Å²) in [6, 6.07) is 12.6. The molecule has 1 fully saturated rings. The van der Waals surface area contributed by atoms with Gasteiger partial charge in [0, 0.05) is 18.7 Å². The minimum atomic E-state index is -4.65. The van der Waals surface area contributed by atoms with Gasteiger partial charge in [-0.25, -0.2) is 21.6 Å². The van der Waals surface area contributed by atoms with Gasteiger partial charge in [-0.2, -0.15) is 0 Å². The third-order valence-electron chi connectivity index (χ3n) is 5.78. The Morgan fingerprint density at radius 1 is 0.914 bits per heavy atom. The zero-order valence-corrected chi connectivity index (χ0v) is 19.6. The molecule has 1 saturated heterocycles. The number of ether oxygens (including phenoxy) is 1. The maximum absolute atomic E-state index is 14.5. The first-order valence-electron chi connectivity index (χ1n) is 11.1. The molecular weight excluding hydrogens is 481 g/mol. The van der Waals surface area contributed by atoms with Crippen LogP contribution in [0.15, 0.2) is 65.6 Å². The van der Waals surface area contributed by atoms with Gasteiger partial charge >= 0.3 is 0 Å². The van der Waals surface area contributed by atoms with Crippen LogP contribution in [-0.2, 0) is 16.6 Å². The lowest BCUT2D eigenvalue weighted by Gasteiger charge is -2.25. The predicted octanol–water partition coefficient (Wildman–Crippen LogP) is 4.68. The summed E-state index contributed by atoms with van der Waals surface area (Å²) in [7, 11) is -4.65. The monoisotopic (exact) mass is 506 g/mol. The van der Waals surface area contributed by atoms with E-state index in [0.29, 0.717) is 24.0 Å². The lowest BCUT2D eigenvalue weighted by atomic mass is 10.2. The fourth-order valence-electron chi connectivity index (χ4n) is 3.96. The number of phenolic OH excluding ortho intramolecular Hbond substituents is 1. The quantitative estimate of drug-likeness (QED) is 0.427. The molecule has 0 aliphatic carbocycles. The Morgan fingerprint density at radius 2 is 1.60 bits per heavy atom. The van der Waals surface area contributed by atoms with Gasteiger partial charge in [-0.15, -0.1) is 0 Å². The molecule has 35 heavy (non-hydrogen) atoms. The maximum atomic E-state index is 14.5. The van der Waals surface area contributed by atoms with E-state index in [1.54, 1.807) is 18.2 Å². The van der Waals surface area contributed by atoms with E-state index in [1.807, 2.05) is 0 Å². The van der Waals surface area contributed by atoms with Gasteiger partial charge in [0.25, 0.3) is 10.0 Å². The highest BCUT2D eigenvalue weighted by atomic mass is 32.2. The second-order valence-corrected chi connectivity index (χ2v) is 10.1. The largest absolute Gasteiger partial charge is 0.508 e. The number of halogens is 3. The number of aromatic hydroxyl groups is 1. The Kier molecular flexibility index (Phi) is 7.51. The van der Waals surface area contributed by atoms with Gasteiger partial charge < -0.3 is 9.84 Å². The summed E-state index contributed by atoms with van der Waals surface area (Å²) in [6.07, 6.45) is 2.35.